The van der Waals surface area contributed by atoms with Crippen LogP contribution in [0.3, 0.4) is 0 Å². The highest BCUT2D eigenvalue weighted by molar-refractivity contribution is 5.76. The van der Waals surface area contributed by atoms with Crippen molar-refractivity contribution in [2.45, 2.75) is 64.8 Å². The molecule has 19 heavy (non-hydrogen) atoms. The lowest BCUT2D eigenvalue weighted by molar-refractivity contribution is -0.134. The van der Waals surface area contributed by atoms with Gasteiger partial charge in [-0.2, -0.15) is 0 Å². The van der Waals surface area contributed by atoms with Crippen molar-refractivity contribution in [3.8, 4) is 0 Å². The van der Waals surface area contributed by atoms with Crippen molar-refractivity contribution in [3.63, 3.8) is 0 Å². The van der Waals surface area contributed by atoms with E-state index in [0.717, 1.165) is 38.3 Å². The average Bonchev–Trinajstić information content (AvgIpc) is 2.39. The summed E-state index contributed by atoms with van der Waals surface area (Å²) >= 11 is 0. The van der Waals surface area contributed by atoms with Crippen LogP contribution in [0.5, 0.6) is 0 Å². The van der Waals surface area contributed by atoms with Crippen LogP contribution in [0.25, 0.3) is 0 Å². The third kappa shape index (κ3) is 4.20. The van der Waals surface area contributed by atoms with E-state index >= 15 is 0 Å². The SMILES string of the molecule is CC1CCN(C(=O)CCC2CCCC(N)C2)CC1C. The van der Waals surface area contributed by atoms with Gasteiger partial charge in [0.25, 0.3) is 0 Å². The van der Waals surface area contributed by atoms with Crippen LogP contribution in [0.2, 0.25) is 0 Å². The molecule has 0 bridgehead atoms. The Morgan fingerprint density at radius 1 is 1.21 bits per heavy atom. The van der Waals surface area contributed by atoms with Gasteiger partial charge in [-0.1, -0.05) is 26.7 Å². The minimum absolute atomic E-state index is 0.373. The van der Waals surface area contributed by atoms with Gasteiger partial charge in [-0.05, 0) is 43.4 Å². The predicted octanol–water partition coefficient (Wildman–Crippen LogP) is 2.79. The minimum Gasteiger partial charge on any atom is -0.342 e. The van der Waals surface area contributed by atoms with E-state index in [4.69, 9.17) is 5.73 Å². The second-order valence-corrected chi connectivity index (χ2v) is 6.91. The summed E-state index contributed by atoms with van der Waals surface area (Å²) in [6, 6.07) is 0.379. The van der Waals surface area contributed by atoms with E-state index in [1.54, 1.807) is 0 Å². The minimum atomic E-state index is 0.373. The highest BCUT2D eigenvalue weighted by Crippen LogP contribution is 2.28. The van der Waals surface area contributed by atoms with Gasteiger partial charge in [0, 0.05) is 25.6 Å². The molecule has 3 heteroatoms. The van der Waals surface area contributed by atoms with E-state index in [9.17, 15) is 4.79 Å². The maximum Gasteiger partial charge on any atom is 0.222 e. The third-order valence-electron chi connectivity index (χ3n) is 5.28. The normalized spacial score (nSPS) is 36.3. The quantitative estimate of drug-likeness (QED) is 0.854. The molecular weight excluding hydrogens is 236 g/mol. The fourth-order valence-electron chi connectivity index (χ4n) is 3.57. The first-order chi connectivity index (χ1) is 9.06. The molecule has 2 fully saturated rings. The van der Waals surface area contributed by atoms with E-state index in [1.807, 2.05) is 0 Å². The highest BCUT2D eigenvalue weighted by Gasteiger charge is 2.26. The maximum atomic E-state index is 12.3. The Bertz CT molecular complexity index is 305. The molecular formula is C16H30N2O. The van der Waals surface area contributed by atoms with Gasteiger partial charge in [0.2, 0.25) is 5.91 Å². The van der Waals surface area contributed by atoms with Crippen molar-refractivity contribution in [2.75, 3.05) is 13.1 Å². The van der Waals surface area contributed by atoms with Crippen LogP contribution >= 0.6 is 0 Å². The Hall–Kier alpha value is -0.570. The van der Waals surface area contributed by atoms with Crippen LogP contribution in [-0.2, 0) is 4.79 Å². The van der Waals surface area contributed by atoms with Gasteiger partial charge in [-0.25, -0.2) is 0 Å². The summed E-state index contributed by atoms with van der Waals surface area (Å²) in [5.41, 5.74) is 6.01. The van der Waals surface area contributed by atoms with Gasteiger partial charge in [-0.3, -0.25) is 4.79 Å². The second kappa shape index (κ2) is 6.74. The van der Waals surface area contributed by atoms with E-state index in [2.05, 4.69) is 18.7 Å². The number of likely N-dealkylation sites (tertiary alicyclic amines) is 1. The summed E-state index contributed by atoms with van der Waals surface area (Å²) in [7, 11) is 0. The van der Waals surface area contributed by atoms with Crippen LogP contribution in [0.1, 0.15) is 58.8 Å². The molecule has 2 N–H and O–H groups in total. The van der Waals surface area contributed by atoms with E-state index in [-0.39, 0.29) is 0 Å². The fourth-order valence-corrected chi connectivity index (χ4v) is 3.57. The topological polar surface area (TPSA) is 46.3 Å². The van der Waals surface area contributed by atoms with Crippen molar-refractivity contribution in [1.29, 1.82) is 0 Å². The molecule has 1 aliphatic carbocycles. The smallest absolute Gasteiger partial charge is 0.222 e. The van der Waals surface area contributed by atoms with Crippen LogP contribution in [-0.4, -0.2) is 29.9 Å². The Labute approximate surface area is 117 Å². The summed E-state index contributed by atoms with van der Waals surface area (Å²) in [5, 5.41) is 0. The van der Waals surface area contributed by atoms with Gasteiger partial charge >= 0.3 is 0 Å². The molecule has 1 heterocycles. The maximum absolute atomic E-state index is 12.3. The number of hydrogen-bond donors (Lipinski definition) is 1. The number of piperidine rings is 1. The van der Waals surface area contributed by atoms with Crippen molar-refractivity contribution < 1.29 is 4.79 Å². The lowest BCUT2D eigenvalue weighted by atomic mass is 9.83. The zero-order valence-electron chi connectivity index (χ0n) is 12.6. The lowest BCUT2D eigenvalue weighted by Gasteiger charge is -2.35. The Kier molecular flexibility index (Phi) is 5.26. The number of hydrogen-bond acceptors (Lipinski definition) is 2. The molecule has 1 amide bonds. The predicted molar refractivity (Wildman–Crippen MR) is 78.7 cm³/mol. The van der Waals surface area contributed by atoms with Gasteiger partial charge in [0.15, 0.2) is 0 Å². The number of carbonyl (C=O) groups is 1. The molecule has 0 aromatic rings. The summed E-state index contributed by atoms with van der Waals surface area (Å²) < 4.78 is 0. The summed E-state index contributed by atoms with van der Waals surface area (Å²) in [5.74, 6) is 2.48. The molecule has 3 nitrogen and oxygen atoms in total. The van der Waals surface area contributed by atoms with Crippen molar-refractivity contribution in [1.82, 2.24) is 4.90 Å². The molecule has 1 saturated carbocycles. The molecule has 0 aromatic heterocycles. The van der Waals surface area contributed by atoms with E-state index in [1.165, 1.54) is 25.7 Å². The van der Waals surface area contributed by atoms with Crippen molar-refractivity contribution in [3.05, 3.63) is 0 Å². The summed E-state index contributed by atoms with van der Waals surface area (Å²) in [6.07, 6.45) is 7.77. The second-order valence-electron chi connectivity index (χ2n) is 6.91. The summed E-state index contributed by atoms with van der Waals surface area (Å²) in [6.45, 7) is 6.50. The molecule has 1 aliphatic heterocycles. The molecule has 1 saturated heterocycles. The molecule has 2 aliphatic rings. The fraction of sp³-hybridized carbons (Fsp3) is 0.938. The number of rotatable bonds is 3. The first kappa shape index (κ1) is 14.8. The molecule has 4 unspecified atom stereocenters. The van der Waals surface area contributed by atoms with Gasteiger partial charge in [-0.15, -0.1) is 0 Å². The van der Waals surface area contributed by atoms with Crippen LogP contribution in [0, 0.1) is 17.8 Å². The highest BCUT2D eigenvalue weighted by atomic mass is 16.2. The first-order valence-electron chi connectivity index (χ1n) is 8.09. The average molecular weight is 266 g/mol. The van der Waals surface area contributed by atoms with Crippen molar-refractivity contribution >= 4 is 5.91 Å². The van der Waals surface area contributed by atoms with E-state index < -0.39 is 0 Å². The Morgan fingerprint density at radius 3 is 2.68 bits per heavy atom. The zero-order chi connectivity index (χ0) is 13.8. The van der Waals surface area contributed by atoms with E-state index in [0.29, 0.717) is 23.8 Å². The van der Waals surface area contributed by atoms with Crippen LogP contribution in [0.15, 0.2) is 0 Å². The van der Waals surface area contributed by atoms with Gasteiger partial charge < -0.3 is 10.6 Å². The largest absolute Gasteiger partial charge is 0.342 e. The molecule has 0 radical (unpaired) electrons. The zero-order valence-corrected chi connectivity index (χ0v) is 12.6. The number of nitrogens with two attached hydrogens (primary N) is 1. The first-order valence-corrected chi connectivity index (χ1v) is 8.09. The molecule has 4 atom stereocenters. The monoisotopic (exact) mass is 266 g/mol. The Morgan fingerprint density at radius 2 is 2.00 bits per heavy atom. The lowest BCUT2D eigenvalue weighted by Crippen LogP contribution is -2.42. The van der Waals surface area contributed by atoms with Crippen LogP contribution < -0.4 is 5.73 Å². The number of nitrogens with zero attached hydrogens (tertiary/aromatic N) is 1. The van der Waals surface area contributed by atoms with Gasteiger partial charge in [0.1, 0.15) is 0 Å². The van der Waals surface area contributed by atoms with Crippen molar-refractivity contribution in [2.24, 2.45) is 23.5 Å². The van der Waals surface area contributed by atoms with Crippen LogP contribution in [0.4, 0.5) is 0 Å². The molecule has 0 spiro atoms. The standard InChI is InChI=1S/C16H30N2O/c1-12-8-9-18(11-13(12)2)16(19)7-6-14-4-3-5-15(17)10-14/h12-15H,3-11,17H2,1-2H3. The summed E-state index contributed by atoms with van der Waals surface area (Å²) in [4.78, 5) is 14.4. The Balaban J connectivity index is 1.72. The third-order valence-corrected chi connectivity index (χ3v) is 5.28. The molecule has 110 valence electrons. The molecule has 2 rings (SSSR count). The molecule has 0 aromatic carbocycles. The number of carbonyl (C=O) groups excluding carboxylic acids is 1. The number of amides is 1. The van der Waals surface area contributed by atoms with Gasteiger partial charge in [0.05, 0.1) is 0 Å².